The van der Waals surface area contributed by atoms with Crippen molar-refractivity contribution >= 4 is 12.0 Å². The van der Waals surface area contributed by atoms with Gasteiger partial charge in [-0.3, -0.25) is 4.98 Å². The zero-order valence-electron chi connectivity index (χ0n) is 9.35. The van der Waals surface area contributed by atoms with E-state index in [1.807, 2.05) is 0 Å². The Morgan fingerprint density at radius 3 is 2.78 bits per heavy atom. The van der Waals surface area contributed by atoms with E-state index in [0.29, 0.717) is 17.2 Å². The minimum absolute atomic E-state index is 0.426. The standard InChI is InChI=1S/C13H10N2O3/c16-13(17)6-4-10-3-5-12(15-8-10)18-11-2-1-7-14-9-11/h1-9H,(H,16,17). The molecule has 2 aromatic rings. The smallest absolute Gasteiger partial charge is 0.328 e. The number of ether oxygens (including phenoxy) is 1. The first kappa shape index (κ1) is 11.8. The van der Waals surface area contributed by atoms with Crippen molar-refractivity contribution in [1.29, 1.82) is 0 Å². The summed E-state index contributed by atoms with van der Waals surface area (Å²) in [6, 6.07) is 6.92. The van der Waals surface area contributed by atoms with Crippen LogP contribution in [-0.4, -0.2) is 21.0 Å². The van der Waals surface area contributed by atoms with E-state index >= 15 is 0 Å². The first-order valence-corrected chi connectivity index (χ1v) is 5.19. The maximum absolute atomic E-state index is 10.3. The molecular formula is C13H10N2O3. The highest BCUT2D eigenvalue weighted by Gasteiger charge is 1.98. The van der Waals surface area contributed by atoms with E-state index < -0.39 is 5.97 Å². The maximum atomic E-state index is 10.3. The Labute approximate surface area is 103 Å². The summed E-state index contributed by atoms with van der Waals surface area (Å²) in [6.07, 6.45) is 7.28. The molecule has 0 saturated carbocycles. The number of hydrogen-bond acceptors (Lipinski definition) is 4. The molecule has 2 aromatic heterocycles. The van der Waals surface area contributed by atoms with Gasteiger partial charge in [-0.05, 0) is 29.8 Å². The highest BCUT2D eigenvalue weighted by atomic mass is 16.5. The average molecular weight is 242 g/mol. The summed E-state index contributed by atoms with van der Waals surface area (Å²) in [6.45, 7) is 0. The van der Waals surface area contributed by atoms with E-state index in [-0.39, 0.29) is 0 Å². The van der Waals surface area contributed by atoms with Crippen LogP contribution in [0.5, 0.6) is 11.6 Å². The number of pyridine rings is 2. The number of aromatic nitrogens is 2. The number of aliphatic carboxylic acids is 1. The van der Waals surface area contributed by atoms with Crippen molar-refractivity contribution < 1.29 is 14.6 Å². The van der Waals surface area contributed by atoms with E-state index in [4.69, 9.17) is 9.84 Å². The Balaban J connectivity index is 2.06. The molecule has 18 heavy (non-hydrogen) atoms. The van der Waals surface area contributed by atoms with Gasteiger partial charge in [0, 0.05) is 24.5 Å². The zero-order valence-corrected chi connectivity index (χ0v) is 9.35. The van der Waals surface area contributed by atoms with Crippen molar-refractivity contribution in [1.82, 2.24) is 9.97 Å². The van der Waals surface area contributed by atoms with Crippen LogP contribution >= 0.6 is 0 Å². The normalized spacial score (nSPS) is 10.4. The lowest BCUT2D eigenvalue weighted by Crippen LogP contribution is -1.89. The molecule has 0 unspecified atom stereocenters. The van der Waals surface area contributed by atoms with Gasteiger partial charge in [0.15, 0.2) is 0 Å². The minimum Gasteiger partial charge on any atom is -0.478 e. The highest BCUT2D eigenvalue weighted by molar-refractivity contribution is 5.85. The molecule has 0 atom stereocenters. The molecule has 1 N–H and O–H groups in total. The Bertz CT molecular complexity index is 550. The van der Waals surface area contributed by atoms with E-state index in [2.05, 4.69) is 9.97 Å². The third-order valence-electron chi connectivity index (χ3n) is 2.03. The van der Waals surface area contributed by atoms with Crippen LogP contribution in [0.25, 0.3) is 6.08 Å². The molecule has 2 rings (SSSR count). The summed E-state index contributed by atoms with van der Waals surface area (Å²) in [5, 5.41) is 8.49. The summed E-state index contributed by atoms with van der Waals surface area (Å²) in [5.74, 6) is 0.0278. The first-order valence-electron chi connectivity index (χ1n) is 5.19. The highest BCUT2D eigenvalue weighted by Crippen LogP contribution is 2.17. The second-order valence-corrected chi connectivity index (χ2v) is 3.39. The topological polar surface area (TPSA) is 72.3 Å². The van der Waals surface area contributed by atoms with Crippen molar-refractivity contribution in [2.75, 3.05) is 0 Å². The molecule has 0 amide bonds. The van der Waals surface area contributed by atoms with Crippen molar-refractivity contribution in [2.45, 2.75) is 0 Å². The van der Waals surface area contributed by atoms with E-state index in [0.717, 1.165) is 6.08 Å². The Kier molecular flexibility index (Phi) is 3.66. The Morgan fingerprint density at radius 2 is 2.17 bits per heavy atom. The molecule has 0 radical (unpaired) electrons. The molecule has 5 nitrogen and oxygen atoms in total. The summed E-state index contributed by atoms with van der Waals surface area (Å²) >= 11 is 0. The van der Waals surface area contributed by atoms with Gasteiger partial charge < -0.3 is 9.84 Å². The van der Waals surface area contributed by atoms with E-state index in [1.165, 1.54) is 12.3 Å². The number of carboxylic acids is 1. The lowest BCUT2D eigenvalue weighted by atomic mass is 10.2. The van der Waals surface area contributed by atoms with Crippen molar-refractivity contribution in [3.05, 3.63) is 54.5 Å². The monoisotopic (exact) mass is 242 g/mol. The molecule has 5 heteroatoms. The molecule has 0 aliphatic rings. The lowest BCUT2D eigenvalue weighted by Gasteiger charge is -2.03. The summed E-state index contributed by atoms with van der Waals surface area (Å²) in [4.78, 5) is 18.3. The van der Waals surface area contributed by atoms with Gasteiger partial charge in [0.05, 0.1) is 6.20 Å². The van der Waals surface area contributed by atoms with Gasteiger partial charge >= 0.3 is 5.97 Å². The number of carboxylic acid groups (broad SMARTS) is 1. The largest absolute Gasteiger partial charge is 0.478 e. The third-order valence-corrected chi connectivity index (χ3v) is 2.03. The average Bonchev–Trinajstić information content (AvgIpc) is 2.39. The molecule has 0 bridgehead atoms. The second kappa shape index (κ2) is 5.58. The fourth-order valence-corrected chi connectivity index (χ4v) is 1.25. The van der Waals surface area contributed by atoms with Crippen LogP contribution in [0, 0.1) is 0 Å². The predicted molar refractivity (Wildman–Crippen MR) is 65.2 cm³/mol. The fraction of sp³-hybridized carbons (Fsp3) is 0. The number of nitrogens with zero attached hydrogens (tertiary/aromatic N) is 2. The quantitative estimate of drug-likeness (QED) is 0.833. The molecular weight excluding hydrogens is 232 g/mol. The first-order chi connectivity index (χ1) is 8.74. The number of hydrogen-bond donors (Lipinski definition) is 1. The Hall–Kier alpha value is -2.69. The second-order valence-electron chi connectivity index (χ2n) is 3.39. The van der Waals surface area contributed by atoms with Crippen LogP contribution in [-0.2, 0) is 4.79 Å². The number of carbonyl (C=O) groups is 1. The lowest BCUT2D eigenvalue weighted by molar-refractivity contribution is -0.131. The maximum Gasteiger partial charge on any atom is 0.328 e. The van der Waals surface area contributed by atoms with Crippen LogP contribution in [0.2, 0.25) is 0 Å². The van der Waals surface area contributed by atoms with Crippen LogP contribution in [0.3, 0.4) is 0 Å². The van der Waals surface area contributed by atoms with Crippen molar-refractivity contribution in [3.8, 4) is 11.6 Å². The summed E-state index contributed by atoms with van der Waals surface area (Å²) in [5.41, 5.74) is 0.691. The van der Waals surface area contributed by atoms with Gasteiger partial charge in [0.25, 0.3) is 0 Å². The van der Waals surface area contributed by atoms with Gasteiger partial charge in [0.1, 0.15) is 5.75 Å². The number of rotatable bonds is 4. The van der Waals surface area contributed by atoms with Crippen LogP contribution in [0.15, 0.2) is 48.9 Å². The van der Waals surface area contributed by atoms with Crippen LogP contribution < -0.4 is 4.74 Å². The fourth-order valence-electron chi connectivity index (χ4n) is 1.25. The molecule has 0 saturated heterocycles. The van der Waals surface area contributed by atoms with Gasteiger partial charge in [-0.25, -0.2) is 9.78 Å². The summed E-state index contributed by atoms with van der Waals surface area (Å²) in [7, 11) is 0. The van der Waals surface area contributed by atoms with Gasteiger partial charge in [-0.1, -0.05) is 0 Å². The van der Waals surface area contributed by atoms with Crippen LogP contribution in [0.4, 0.5) is 0 Å². The molecule has 0 spiro atoms. The van der Waals surface area contributed by atoms with Crippen molar-refractivity contribution in [3.63, 3.8) is 0 Å². The van der Waals surface area contributed by atoms with Crippen molar-refractivity contribution in [2.24, 2.45) is 0 Å². The molecule has 2 heterocycles. The molecule has 0 aliphatic heterocycles. The van der Waals surface area contributed by atoms with Gasteiger partial charge in [0.2, 0.25) is 5.88 Å². The van der Waals surface area contributed by atoms with Gasteiger partial charge in [-0.2, -0.15) is 0 Å². The zero-order chi connectivity index (χ0) is 12.8. The molecule has 0 aliphatic carbocycles. The van der Waals surface area contributed by atoms with Crippen LogP contribution in [0.1, 0.15) is 5.56 Å². The van der Waals surface area contributed by atoms with E-state index in [1.54, 1.807) is 36.7 Å². The molecule has 90 valence electrons. The van der Waals surface area contributed by atoms with Gasteiger partial charge in [-0.15, -0.1) is 0 Å². The SMILES string of the molecule is O=C(O)C=Cc1ccc(Oc2cccnc2)nc1. The molecule has 0 fully saturated rings. The predicted octanol–water partition coefficient (Wildman–Crippen LogP) is 2.37. The van der Waals surface area contributed by atoms with E-state index in [9.17, 15) is 4.79 Å². The molecule has 0 aromatic carbocycles. The Morgan fingerprint density at radius 1 is 1.28 bits per heavy atom. The minimum atomic E-state index is -0.995. The third kappa shape index (κ3) is 3.41. The summed E-state index contributed by atoms with van der Waals surface area (Å²) < 4.78 is 5.44.